The van der Waals surface area contributed by atoms with E-state index >= 15 is 0 Å². The van der Waals surface area contributed by atoms with Gasteiger partial charge in [-0.25, -0.2) is 4.68 Å². The summed E-state index contributed by atoms with van der Waals surface area (Å²) in [5, 5.41) is 13.7. The number of aliphatic hydroxyl groups excluding tert-OH is 1. The van der Waals surface area contributed by atoms with Gasteiger partial charge in [-0.2, -0.15) is 4.98 Å². The second-order valence-corrected chi connectivity index (χ2v) is 5.27. The van der Waals surface area contributed by atoms with Crippen LogP contribution in [0.2, 0.25) is 0 Å². The Hall–Kier alpha value is -1.88. The van der Waals surface area contributed by atoms with Crippen molar-refractivity contribution in [3.8, 4) is 11.4 Å². The normalized spacial score (nSPS) is 15.6. The first-order valence-corrected chi connectivity index (χ1v) is 7.14. The molecule has 1 saturated heterocycles. The second-order valence-electron chi connectivity index (χ2n) is 5.27. The fraction of sp³-hybridized carbons (Fsp3) is 0.467. The van der Waals surface area contributed by atoms with Gasteiger partial charge < -0.3 is 10.0 Å². The number of aryl methyl sites for hydroxylation is 1. The first kappa shape index (κ1) is 13.1. The van der Waals surface area contributed by atoms with Gasteiger partial charge in [0.15, 0.2) is 5.82 Å². The molecule has 0 bridgehead atoms. The van der Waals surface area contributed by atoms with Crippen molar-refractivity contribution in [2.75, 3.05) is 18.0 Å². The number of aliphatic hydroxyl groups is 1. The molecule has 0 unspecified atom stereocenters. The molecule has 0 aliphatic carbocycles. The number of rotatable bonds is 3. The number of anilines is 1. The SMILES string of the molecule is Cn1nc(-c2cccc(CO)c2)nc1N1CCCCC1. The Morgan fingerprint density at radius 2 is 2.00 bits per heavy atom. The predicted octanol–water partition coefficient (Wildman–Crippen LogP) is 1.96. The minimum absolute atomic E-state index is 0.0413. The standard InChI is InChI=1S/C15H20N4O/c1-18-15(19-8-3-2-4-9-19)16-14(17-18)13-7-5-6-12(10-13)11-20/h5-7,10,20H,2-4,8-9,11H2,1H3. The average Bonchev–Trinajstić information content (AvgIpc) is 2.90. The van der Waals surface area contributed by atoms with Gasteiger partial charge in [0.05, 0.1) is 6.61 Å². The molecule has 1 N–H and O–H groups in total. The van der Waals surface area contributed by atoms with Gasteiger partial charge in [-0.1, -0.05) is 18.2 Å². The highest BCUT2D eigenvalue weighted by molar-refractivity contribution is 5.57. The molecule has 1 aromatic heterocycles. The van der Waals surface area contributed by atoms with Crippen molar-refractivity contribution in [3.63, 3.8) is 0 Å². The van der Waals surface area contributed by atoms with Gasteiger partial charge in [0.1, 0.15) is 0 Å². The van der Waals surface area contributed by atoms with Crippen LogP contribution in [0.25, 0.3) is 11.4 Å². The zero-order valence-corrected chi connectivity index (χ0v) is 11.8. The van der Waals surface area contributed by atoms with Crippen LogP contribution in [0.4, 0.5) is 5.95 Å². The Balaban J connectivity index is 1.91. The van der Waals surface area contributed by atoms with Crippen LogP contribution in [0.15, 0.2) is 24.3 Å². The molecule has 0 saturated carbocycles. The van der Waals surface area contributed by atoms with Crippen LogP contribution in [-0.4, -0.2) is 33.0 Å². The lowest BCUT2D eigenvalue weighted by molar-refractivity contribution is 0.282. The minimum Gasteiger partial charge on any atom is -0.392 e. The van der Waals surface area contributed by atoms with E-state index in [9.17, 15) is 5.11 Å². The predicted molar refractivity (Wildman–Crippen MR) is 78.4 cm³/mol. The zero-order chi connectivity index (χ0) is 13.9. The Bertz CT molecular complexity index is 587. The van der Waals surface area contributed by atoms with Crippen LogP contribution in [0.3, 0.4) is 0 Å². The summed E-state index contributed by atoms with van der Waals surface area (Å²) in [7, 11) is 1.94. The zero-order valence-electron chi connectivity index (χ0n) is 11.8. The highest BCUT2D eigenvalue weighted by Crippen LogP contribution is 2.22. The Morgan fingerprint density at radius 3 is 2.75 bits per heavy atom. The van der Waals surface area contributed by atoms with Gasteiger partial charge >= 0.3 is 0 Å². The molecule has 106 valence electrons. The lowest BCUT2D eigenvalue weighted by Gasteiger charge is -2.26. The van der Waals surface area contributed by atoms with E-state index in [1.54, 1.807) is 0 Å². The first-order valence-electron chi connectivity index (χ1n) is 7.14. The van der Waals surface area contributed by atoms with E-state index in [1.165, 1.54) is 19.3 Å². The molecule has 5 heteroatoms. The third-order valence-corrected chi connectivity index (χ3v) is 3.75. The molecular formula is C15H20N4O. The Labute approximate surface area is 118 Å². The van der Waals surface area contributed by atoms with Crippen molar-refractivity contribution < 1.29 is 5.11 Å². The van der Waals surface area contributed by atoms with Crippen molar-refractivity contribution >= 4 is 5.95 Å². The molecule has 0 atom stereocenters. The van der Waals surface area contributed by atoms with Gasteiger partial charge in [0.25, 0.3) is 0 Å². The summed E-state index contributed by atoms with van der Waals surface area (Å²) < 4.78 is 1.85. The number of hydrogen-bond donors (Lipinski definition) is 1. The van der Waals surface area contributed by atoms with Crippen molar-refractivity contribution in [1.29, 1.82) is 0 Å². The number of nitrogens with zero attached hydrogens (tertiary/aromatic N) is 4. The molecule has 20 heavy (non-hydrogen) atoms. The highest BCUT2D eigenvalue weighted by Gasteiger charge is 2.18. The highest BCUT2D eigenvalue weighted by atomic mass is 16.3. The van der Waals surface area contributed by atoms with Crippen LogP contribution in [-0.2, 0) is 13.7 Å². The van der Waals surface area contributed by atoms with E-state index in [0.717, 1.165) is 36.0 Å². The molecule has 3 rings (SSSR count). The largest absolute Gasteiger partial charge is 0.392 e. The molecule has 2 heterocycles. The molecular weight excluding hydrogens is 252 g/mol. The van der Waals surface area contributed by atoms with Crippen LogP contribution in [0, 0.1) is 0 Å². The quantitative estimate of drug-likeness (QED) is 0.928. The van der Waals surface area contributed by atoms with E-state index in [0.29, 0.717) is 0 Å². The lowest BCUT2D eigenvalue weighted by Crippen LogP contribution is -2.31. The van der Waals surface area contributed by atoms with Gasteiger partial charge in [0.2, 0.25) is 5.95 Å². The van der Waals surface area contributed by atoms with Crippen molar-refractivity contribution in [2.24, 2.45) is 7.05 Å². The summed E-state index contributed by atoms with van der Waals surface area (Å²) in [6, 6.07) is 7.75. The molecule has 2 aromatic rings. The van der Waals surface area contributed by atoms with Crippen molar-refractivity contribution in [1.82, 2.24) is 14.8 Å². The van der Waals surface area contributed by atoms with E-state index in [4.69, 9.17) is 0 Å². The van der Waals surface area contributed by atoms with Gasteiger partial charge in [-0.05, 0) is 30.9 Å². The summed E-state index contributed by atoms with van der Waals surface area (Å²) in [5.41, 5.74) is 1.84. The first-order chi connectivity index (χ1) is 9.78. The molecule has 0 radical (unpaired) electrons. The van der Waals surface area contributed by atoms with Crippen LogP contribution in [0.5, 0.6) is 0 Å². The summed E-state index contributed by atoms with van der Waals surface area (Å²) in [6.07, 6.45) is 3.75. The molecule has 1 aliphatic heterocycles. The van der Waals surface area contributed by atoms with Gasteiger partial charge in [-0.3, -0.25) is 0 Å². The number of aromatic nitrogens is 3. The van der Waals surface area contributed by atoms with E-state index in [1.807, 2.05) is 36.0 Å². The van der Waals surface area contributed by atoms with Crippen LogP contribution >= 0.6 is 0 Å². The number of hydrogen-bond acceptors (Lipinski definition) is 4. The summed E-state index contributed by atoms with van der Waals surface area (Å²) in [5.74, 6) is 1.66. The molecule has 1 aliphatic rings. The maximum absolute atomic E-state index is 9.22. The fourth-order valence-electron chi connectivity index (χ4n) is 2.68. The smallest absolute Gasteiger partial charge is 0.224 e. The maximum Gasteiger partial charge on any atom is 0.224 e. The van der Waals surface area contributed by atoms with E-state index < -0.39 is 0 Å². The third kappa shape index (κ3) is 2.54. The molecule has 1 aromatic carbocycles. The summed E-state index contributed by atoms with van der Waals surface area (Å²) in [6.45, 7) is 2.16. The Morgan fingerprint density at radius 1 is 1.20 bits per heavy atom. The monoisotopic (exact) mass is 272 g/mol. The number of benzene rings is 1. The topological polar surface area (TPSA) is 54.2 Å². The van der Waals surface area contributed by atoms with Crippen LogP contribution in [0.1, 0.15) is 24.8 Å². The molecule has 5 nitrogen and oxygen atoms in total. The van der Waals surface area contributed by atoms with Crippen LogP contribution < -0.4 is 4.90 Å². The van der Waals surface area contributed by atoms with Gasteiger partial charge in [-0.15, -0.1) is 5.10 Å². The fourth-order valence-corrected chi connectivity index (χ4v) is 2.68. The van der Waals surface area contributed by atoms with Gasteiger partial charge in [0, 0.05) is 25.7 Å². The van der Waals surface area contributed by atoms with E-state index in [2.05, 4.69) is 15.0 Å². The van der Waals surface area contributed by atoms with Crippen molar-refractivity contribution in [2.45, 2.75) is 25.9 Å². The molecule has 0 amide bonds. The lowest BCUT2D eigenvalue weighted by atomic mass is 10.1. The maximum atomic E-state index is 9.22. The van der Waals surface area contributed by atoms with Crippen molar-refractivity contribution in [3.05, 3.63) is 29.8 Å². The minimum atomic E-state index is 0.0413. The summed E-state index contributed by atoms with van der Waals surface area (Å²) in [4.78, 5) is 6.98. The molecule has 0 spiro atoms. The summed E-state index contributed by atoms with van der Waals surface area (Å²) >= 11 is 0. The number of piperidine rings is 1. The second kappa shape index (κ2) is 5.63. The Kier molecular flexibility index (Phi) is 3.69. The third-order valence-electron chi connectivity index (χ3n) is 3.75. The average molecular weight is 272 g/mol. The van der Waals surface area contributed by atoms with E-state index in [-0.39, 0.29) is 6.61 Å². The molecule has 1 fully saturated rings.